The summed E-state index contributed by atoms with van der Waals surface area (Å²) in [4.78, 5) is 1.59. The van der Waals surface area contributed by atoms with Gasteiger partial charge in [0.05, 0.1) is 13.0 Å². The quantitative estimate of drug-likeness (QED) is 0.835. The van der Waals surface area contributed by atoms with Crippen LogP contribution in [0.3, 0.4) is 0 Å². The third-order valence-corrected chi connectivity index (χ3v) is 3.04. The number of aromatic nitrogens is 2. The highest BCUT2D eigenvalue weighted by atomic mass is 32.1. The first kappa shape index (κ1) is 15.2. The van der Waals surface area contributed by atoms with Crippen molar-refractivity contribution in [3.05, 3.63) is 5.01 Å². The van der Waals surface area contributed by atoms with E-state index in [9.17, 15) is 13.2 Å². The Balaban J connectivity index is 2.35. The minimum Gasteiger partial charge on any atom is -0.360 e. The highest BCUT2D eigenvalue weighted by molar-refractivity contribution is 7.15. The molecule has 18 heavy (non-hydrogen) atoms. The third kappa shape index (κ3) is 6.15. The van der Waals surface area contributed by atoms with Crippen molar-refractivity contribution < 1.29 is 13.2 Å². The van der Waals surface area contributed by atoms with Crippen molar-refractivity contribution in [1.82, 2.24) is 15.1 Å². The van der Waals surface area contributed by atoms with Gasteiger partial charge in [0.1, 0.15) is 5.01 Å². The van der Waals surface area contributed by atoms with E-state index in [1.165, 1.54) is 11.3 Å². The van der Waals surface area contributed by atoms with Crippen LogP contribution in [-0.2, 0) is 6.54 Å². The third-order valence-electron chi connectivity index (χ3n) is 2.18. The van der Waals surface area contributed by atoms with Gasteiger partial charge in [-0.05, 0) is 13.5 Å². The molecule has 1 aromatic rings. The van der Waals surface area contributed by atoms with Crippen molar-refractivity contribution in [2.45, 2.75) is 32.5 Å². The van der Waals surface area contributed by atoms with Gasteiger partial charge in [-0.3, -0.25) is 4.90 Å². The summed E-state index contributed by atoms with van der Waals surface area (Å²) >= 11 is 1.38. The number of hydrogen-bond acceptors (Lipinski definition) is 5. The molecule has 0 aliphatic carbocycles. The molecule has 0 fully saturated rings. The first-order valence-corrected chi connectivity index (χ1v) is 6.54. The molecule has 4 nitrogen and oxygen atoms in total. The molecule has 0 unspecified atom stereocenters. The van der Waals surface area contributed by atoms with Gasteiger partial charge in [0.2, 0.25) is 5.13 Å². The monoisotopic (exact) mass is 282 g/mol. The molecule has 0 bridgehead atoms. The van der Waals surface area contributed by atoms with Gasteiger partial charge in [0.25, 0.3) is 0 Å². The minimum atomic E-state index is -4.11. The number of halogens is 3. The van der Waals surface area contributed by atoms with E-state index in [-0.39, 0.29) is 6.54 Å². The fourth-order valence-electron chi connectivity index (χ4n) is 1.25. The predicted octanol–water partition coefficient (Wildman–Crippen LogP) is 2.74. The molecule has 0 radical (unpaired) electrons. The number of anilines is 1. The molecule has 1 N–H and O–H groups in total. The lowest BCUT2D eigenvalue weighted by molar-refractivity contribution is -0.137. The molecule has 1 heterocycles. The number of nitrogens with zero attached hydrogens (tertiary/aromatic N) is 3. The maximum Gasteiger partial charge on any atom is 0.390 e. The molecule has 8 heteroatoms. The molecule has 104 valence electrons. The molecule has 0 aromatic carbocycles. The van der Waals surface area contributed by atoms with Gasteiger partial charge in [-0.15, -0.1) is 10.2 Å². The lowest BCUT2D eigenvalue weighted by Crippen LogP contribution is -2.24. The Morgan fingerprint density at radius 1 is 1.33 bits per heavy atom. The van der Waals surface area contributed by atoms with Crippen LogP contribution in [0.4, 0.5) is 18.3 Å². The van der Waals surface area contributed by atoms with Crippen LogP contribution in [0.25, 0.3) is 0 Å². The Labute approximate surface area is 108 Å². The van der Waals surface area contributed by atoms with Crippen LogP contribution in [0.2, 0.25) is 0 Å². The van der Waals surface area contributed by atoms with E-state index in [1.807, 2.05) is 6.92 Å². The Morgan fingerprint density at radius 3 is 2.67 bits per heavy atom. The zero-order chi connectivity index (χ0) is 13.6. The first-order valence-electron chi connectivity index (χ1n) is 5.72. The fraction of sp³-hybridized carbons (Fsp3) is 0.800. The van der Waals surface area contributed by atoms with Crippen molar-refractivity contribution in [2.75, 3.05) is 25.5 Å². The summed E-state index contributed by atoms with van der Waals surface area (Å²) in [5.41, 5.74) is 0. The van der Waals surface area contributed by atoms with Crippen LogP contribution in [0.1, 0.15) is 24.8 Å². The molecule has 0 amide bonds. The smallest absolute Gasteiger partial charge is 0.360 e. The summed E-state index contributed by atoms with van der Waals surface area (Å²) in [6.07, 6.45) is -3.92. The summed E-state index contributed by atoms with van der Waals surface area (Å²) < 4.78 is 36.1. The molecule has 0 atom stereocenters. The van der Waals surface area contributed by atoms with Gasteiger partial charge in [0.15, 0.2) is 0 Å². The highest BCUT2D eigenvalue weighted by Crippen LogP contribution is 2.21. The highest BCUT2D eigenvalue weighted by Gasteiger charge is 2.27. The fourth-order valence-corrected chi connectivity index (χ4v) is 2.09. The predicted molar refractivity (Wildman–Crippen MR) is 65.7 cm³/mol. The van der Waals surface area contributed by atoms with Crippen LogP contribution in [0.15, 0.2) is 0 Å². The minimum absolute atomic E-state index is 0.0270. The van der Waals surface area contributed by atoms with E-state index in [1.54, 1.807) is 11.9 Å². The molecule has 0 spiro atoms. The molecule has 1 aromatic heterocycles. The second-order valence-corrected chi connectivity index (χ2v) is 5.09. The van der Waals surface area contributed by atoms with E-state index in [2.05, 4.69) is 15.5 Å². The molecule has 0 saturated carbocycles. The zero-order valence-electron chi connectivity index (χ0n) is 10.4. The van der Waals surface area contributed by atoms with Gasteiger partial charge >= 0.3 is 6.18 Å². The lowest BCUT2D eigenvalue weighted by atomic mass is 10.4. The van der Waals surface area contributed by atoms with Crippen molar-refractivity contribution in [1.29, 1.82) is 0 Å². The molecular formula is C10H17F3N4S. The molecule has 1 rings (SSSR count). The van der Waals surface area contributed by atoms with Crippen LogP contribution < -0.4 is 5.32 Å². The van der Waals surface area contributed by atoms with Crippen LogP contribution >= 0.6 is 11.3 Å². The Bertz CT molecular complexity index is 353. The molecular weight excluding hydrogens is 265 g/mol. The number of rotatable bonds is 7. The molecule has 0 aliphatic heterocycles. The topological polar surface area (TPSA) is 41.1 Å². The standard InChI is InChI=1S/C10H17F3N4S/c1-3-5-14-9-16-15-8(18-9)7-17(2)6-4-10(11,12)13/h3-7H2,1-2H3,(H,14,16). The van der Waals surface area contributed by atoms with Gasteiger partial charge in [-0.2, -0.15) is 13.2 Å². The average molecular weight is 282 g/mol. The Kier molecular flexibility index (Phi) is 5.80. The second-order valence-electron chi connectivity index (χ2n) is 4.03. The van der Waals surface area contributed by atoms with E-state index in [0.29, 0.717) is 6.54 Å². The second kappa shape index (κ2) is 6.89. The largest absolute Gasteiger partial charge is 0.390 e. The Morgan fingerprint density at radius 2 is 2.06 bits per heavy atom. The summed E-state index contributed by atoms with van der Waals surface area (Å²) in [6.45, 7) is 3.22. The van der Waals surface area contributed by atoms with Gasteiger partial charge in [0, 0.05) is 13.1 Å². The number of hydrogen-bond donors (Lipinski definition) is 1. The maximum absolute atomic E-state index is 12.0. The van der Waals surface area contributed by atoms with Crippen LogP contribution in [-0.4, -0.2) is 41.4 Å². The average Bonchev–Trinajstić information content (AvgIpc) is 2.70. The number of nitrogens with one attached hydrogen (secondary N) is 1. The molecule has 0 saturated heterocycles. The number of alkyl halides is 3. The maximum atomic E-state index is 12.0. The SMILES string of the molecule is CCCNc1nnc(CN(C)CCC(F)(F)F)s1. The van der Waals surface area contributed by atoms with Crippen molar-refractivity contribution >= 4 is 16.5 Å². The van der Waals surface area contributed by atoms with E-state index in [0.717, 1.165) is 23.1 Å². The van der Waals surface area contributed by atoms with E-state index >= 15 is 0 Å². The van der Waals surface area contributed by atoms with Gasteiger partial charge < -0.3 is 5.32 Å². The van der Waals surface area contributed by atoms with Crippen LogP contribution in [0.5, 0.6) is 0 Å². The van der Waals surface area contributed by atoms with E-state index in [4.69, 9.17) is 0 Å². The Hall–Kier alpha value is -0.890. The van der Waals surface area contributed by atoms with Gasteiger partial charge in [-0.25, -0.2) is 0 Å². The lowest BCUT2D eigenvalue weighted by Gasteiger charge is -2.15. The summed E-state index contributed by atoms with van der Waals surface area (Å²) in [5, 5.41) is 12.4. The van der Waals surface area contributed by atoms with Crippen molar-refractivity contribution in [2.24, 2.45) is 0 Å². The van der Waals surface area contributed by atoms with E-state index < -0.39 is 12.6 Å². The summed E-state index contributed by atoms with van der Waals surface area (Å²) in [6, 6.07) is 0. The van der Waals surface area contributed by atoms with Crippen molar-refractivity contribution in [3.63, 3.8) is 0 Å². The van der Waals surface area contributed by atoms with Gasteiger partial charge in [-0.1, -0.05) is 18.3 Å². The zero-order valence-corrected chi connectivity index (χ0v) is 11.2. The summed E-state index contributed by atoms with van der Waals surface area (Å²) in [7, 11) is 1.65. The van der Waals surface area contributed by atoms with Crippen LogP contribution in [0, 0.1) is 0 Å². The summed E-state index contributed by atoms with van der Waals surface area (Å²) in [5.74, 6) is 0. The van der Waals surface area contributed by atoms with Crippen molar-refractivity contribution in [3.8, 4) is 0 Å². The molecule has 0 aliphatic rings. The normalized spacial score (nSPS) is 12.1. The first-order chi connectivity index (χ1) is 8.40.